The summed E-state index contributed by atoms with van der Waals surface area (Å²) in [5, 5.41) is 0. The zero-order valence-corrected chi connectivity index (χ0v) is 11.6. The lowest BCUT2D eigenvalue weighted by molar-refractivity contribution is -0.135. The van der Waals surface area contributed by atoms with E-state index in [1.807, 2.05) is 18.0 Å². The van der Waals surface area contributed by atoms with E-state index < -0.39 is 0 Å². The van der Waals surface area contributed by atoms with Crippen molar-refractivity contribution in [2.45, 2.75) is 19.4 Å². The minimum Gasteiger partial charge on any atom is -0.381 e. The number of piperazine rings is 1. The molecule has 6 nitrogen and oxygen atoms in total. The molecule has 0 radical (unpaired) electrons. The molecular weight excluding hydrogens is 244 g/mol. The Labute approximate surface area is 113 Å². The number of hydrogen-bond acceptors (Lipinski definition) is 4. The van der Waals surface area contributed by atoms with Crippen LogP contribution >= 0.6 is 0 Å². The minimum atomic E-state index is 0.153. The van der Waals surface area contributed by atoms with Crippen LogP contribution in [0.1, 0.15) is 25.2 Å². The monoisotopic (exact) mass is 266 g/mol. The first-order valence-electron chi connectivity index (χ1n) is 6.77. The first-order valence-corrected chi connectivity index (χ1v) is 6.77. The number of amides is 1. The van der Waals surface area contributed by atoms with Gasteiger partial charge < -0.3 is 14.6 Å². The number of nitrogens with zero attached hydrogens (tertiary/aromatic N) is 3. The maximum absolute atomic E-state index is 12.1. The normalized spacial score (nSPS) is 20.7. The van der Waals surface area contributed by atoms with Gasteiger partial charge in [-0.1, -0.05) is 0 Å². The summed E-state index contributed by atoms with van der Waals surface area (Å²) in [6.07, 6.45) is 4.03. The van der Waals surface area contributed by atoms with Crippen molar-refractivity contribution in [1.29, 1.82) is 0 Å². The van der Waals surface area contributed by atoms with Crippen LogP contribution in [0.2, 0.25) is 0 Å². The Kier molecular flexibility index (Phi) is 4.93. The number of hydrogen-bond donors (Lipinski definition) is 1. The molecule has 1 aliphatic heterocycles. The zero-order chi connectivity index (χ0) is 13.7. The van der Waals surface area contributed by atoms with E-state index in [1.165, 1.54) is 0 Å². The van der Waals surface area contributed by atoms with Crippen LogP contribution in [0.4, 0.5) is 0 Å². The third-order valence-electron chi connectivity index (χ3n) is 3.50. The molecule has 1 fully saturated rings. The summed E-state index contributed by atoms with van der Waals surface area (Å²) in [5.74, 6) is 1.09. The van der Waals surface area contributed by atoms with Gasteiger partial charge in [-0.2, -0.15) is 0 Å². The minimum absolute atomic E-state index is 0.153. The topological polar surface area (TPSA) is 61.5 Å². The molecular formula is C13H22N4O2. The van der Waals surface area contributed by atoms with Gasteiger partial charge in [0.15, 0.2) is 0 Å². The van der Waals surface area contributed by atoms with Crippen molar-refractivity contribution in [1.82, 2.24) is 19.8 Å². The summed E-state index contributed by atoms with van der Waals surface area (Å²) in [6, 6.07) is 0.153. The Bertz CT molecular complexity index is 393. The third kappa shape index (κ3) is 3.54. The van der Waals surface area contributed by atoms with Crippen LogP contribution < -0.4 is 0 Å². The number of nitrogens with one attached hydrogen (secondary N) is 1. The molecule has 1 atom stereocenters. The lowest BCUT2D eigenvalue weighted by Crippen LogP contribution is -2.49. The Morgan fingerprint density at radius 1 is 1.58 bits per heavy atom. The second-order valence-electron chi connectivity index (χ2n) is 4.76. The lowest BCUT2D eigenvalue weighted by Gasteiger charge is -2.38. The van der Waals surface area contributed by atoms with Crippen LogP contribution in [0, 0.1) is 0 Å². The Morgan fingerprint density at radius 3 is 3.11 bits per heavy atom. The molecule has 1 aromatic heterocycles. The van der Waals surface area contributed by atoms with Crippen LogP contribution in [0.25, 0.3) is 0 Å². The molecule has 1 amide bonds. The number of likely N-dealkylation sites (N-methyl/N-ethyl adjacent to an activating group) is 1. The van der Waals surface area contributed by atoms with Gasteiger partial charge in [-0.25, -0.2) is 4.98 Å². The van der Waals surface area contributed by atoms with Crippen LogP contribution in [0.5, 0.6) is 0 Å². The molecule has 0 bridgehead atoms. The van der Waals surface area contributed by atoms with Crippen LogP contribution in [-0.2, 0) is 9.53 Å². The molecule has 19 heavy (non-hydrogen) atoms. The average molecular weight is 266 g/mol. The van der Waals surface area contributed by atoms with Gasteiger partial charge >= 0.3 is 0 Å². The molecule has 1 saturated heterocycles. The predicted octanol–water partition coefficient (Wildman–Crippen LogP) is 0.651. The number of carbonyl (C=O) groups excluding carboxylic acids is 1. The molecule has 1 N–H and O–H groups in total. The fourth-order valence-electron chi connectivity index (χ4n) is 2.32. The highest BCUT2D eigenvalue weighted by Crippen LogP contribution is 2.21. The summed E-state index contributed by atoms with van der Waals surface area (Å²) in [5.41, 5.74) is 0. The van der Waals surface area contributed by atoms with Crippen LogP contribution in [0.15, 0.2) is 12.4 Å². The van der Waals surface area contributed by atoms with Crippen molar-refractivity contribution in [3.05, 3.63) is 18.2 Å². The molecule has 0 saturated carbocycles. The van der Waals surface area contributed by atoms with Gasteiger partial charge in [-0.3, -0.25) is 9.69 Å². The van der Waals surface area contributed by atoms with Gasteiger partial charge in [0.05, 0.1) is 19.1 Å². The van der Waals surface area contributed by atoms with E-state index in [-0.39, 0.29) is 11.9 Å². The van der Waals surface area contributed by atoms with E-state index >= 15 is 0 Å². The second-order valence-corrected chi connectivity index (χ2v) is 4.76. The maximum atomic E-state index is 12.1. The second kappa shape index (κ2) is 6.68. The number of imidazole rings is 1. The van der Waals surface area contributed by atoms with E-state index in [1.54, 1.807) is 6.20 Å². The first kappa shape index (κ1) is 14.0. The maximum Gasteiger partial charge on any atom is 0.224 e. The van der Waals surface area contributed by atoms with Crippen molar-refractivity contribution in [2.75, 3.05) is 39.9 Å². The average Bonchev–Trinajstić information content (AvgIpc) is 2.93. The number of rotatable bonds is 5. The lowest BCUT2D eigenvalue weighted by atomic mass is 10.1. The van der Waals surface area contributed by atoms with Crippen molar-refractivity contribution in [2.24, 2.45) is 0 Å². The summed E-state index contributed by atoms with van der Waals surface area (Å²) >= 11 is 0. The summed E-state index contributed by atoms with van der Waals surface area (Å²) in [6.45, 7) is 5.44. The molecule has 1 aliphatic rings. The van der Waals surface area contributed by atoms with Crippen LogP contribution in [-0.4, -0.2) is 65.6 Å². The number of H-pyrrole nitrogens is 1. The van der Waals surface area contributed by atoms with E-state index in [0.29, 0.717) is 26.2 Å². The van der Waals surface area contributed by atoms with Crippen molar-refractivity contribution < 1.29 is 9.53 Å². The number of ether oxygens (including phenoxy) is 1. The number of carbonyl (C=O) groups is 1. The molecule has 0 spiro atoms. The largest absolute Gasteiger partial charge is 0.381 e. The van der Waals surface area contributed by atoms with Gasteiger partial charge in [-0.15, -0.1) is 0 Å². The van der Waals surface area contributed by atoms with Crippen molar-refractivity contribution in [3.63, 3.8) is 0 Å². The third-order valence-corrected chi connectivity index (χ3v) is 3.50. The molecule has 106 valence electrons. The molecule has 6 heteroatoms. The molecule has 1 aromatic rings. The van der Waals surface area contributed by atoms with Gasteiger partial charge in [-0.05, 0) is 14.0 Å². The van der Waals surface area contributed by atoms with Gasteiger partial charge in [0.25, 0.3) is 0 Å². The van der Waals surface area contributed by atoms with Gasteiger partial charge in [0.2, 0.25) is 5.91 Å². The van der Waals surface area contributed by atoms with E-state index in [0.717, 1.165) is 18.9 Å². The highest BCUT2D eigenvalue weighted by molar-refractivity contribution is 5.76. The molecule has 2 rings (SSSR count). The Balaban J connectivity index is 1.91. The number of aromatic amines is 1. The van der Waals surface area contributed by atoms with Gasteiger partial charge in [0.1, 0.15) is 5.82 Å². The fraction of sp³-hybridized carbons (Fsp3) is 0.692. The summed E-state index contributed by atoms with van der Waals surface area (Å²) < 4.78 is 5.24. The molecule has 0 aromatic carbocycles. The van der Waals surface area contributed by atoms with Gasteiger partial charge in [0, 0.05) is 38.6 Å². The van der Waals surface area contributed by atoms with Crippen LogP contribution in [0.3, 0.4) is 0 Å². The summed E-state index contributed by atoms with van der Waals surface area (Å²) in [4.78, 5) is 23.7. The molecule has 0 aliphatic carbocycles. The van der Waals surface area contributed by atoms with Crippen molar-refractivity contribution >= 4 is 5.91 Å². The first-order chi connectivity index (χ1) is 9.22. The summed E-state index contributed by atoms with van der Waals surface area (Å²) in [7, 11) is 2.06. The quantitative estimate of drug-likeness (QED) is 0.795. The number of aromatic nitrogens is 2. The predicted molar refractivity (Wildman–Crippen MR) is 71.6 cm³/mol. The highest BCUT2D eigenvalue weighted by atomic mass is 16.5. The fourth-order valence-corrected chi connectivity index (χ4v) is 2.32. The zero-order valence-electron chi connectivity index (χ0n) is 11.6. The van der Waals surface area contributed by atoms with E-state index in [2.05, 4.69) is 21.9 Å². The van der Waals surface area contributed by atoms with E-state index in [4.69, 9.17) is 4.74 Å². The standard InChI is InChI=1S/C13H22N4O2/c1-3-19-9-4-12(18)17-8-7-16(2)11(10-17)13-14-5-6-15-13/h5-6,11H,3-4,7-10H2,1-2H3,(H,14,15)/t11-/m1/s1. The van der Waals surface area contributed by atoms with E-state index in [9.17, 15) is 4.79 Å². The van der Waals surface area contributed by atoms with Crippen molar-refractivity contribution in [3.8, 4) is 0 Å². The molecule has 0 unspecified atom stereocenters. The highest BCUT2D eigenvalue weighted by Gasteiger charge is 2.29. The Hall–Kier alpha value is -1.40. The smallest absolute Gasteiger partial charge is 0.224 e. The molecule has 2 heterocycles. The SMILES string of the molecule is CCOCCC(=O)N1CCN(C)[C@@H](c2ncc[nH]2)C1. The Morgan fingerprint density at radius 2 is 2.42 bits per heavy atom.